The minimum absolute atomic E-state index is 0.0592. The van der Waals surface area contributed by atoms with Gasteiger partial charge in [0.05, 0.1) is 33.6 Å². The summed E-state index contributed by atoms with van der Waals surface area (Å²) in [6.45, 7) is 5.55. The number of nitrogens with zero attached hydrogens (tertiary/aromatic N) is 4. The zero-order chi connectivity index (χ0) is 19.7. The van der Waals surface area contributed by atoms with Crippen molar-refractivity contribution in [3.63, 3.8) is 0 Å². The second-order valence-electron chi connectivity index (χ2n) is 6.81. The van der Waals surface area contributed by atoms with E-state index in [1.165, 1.54) is 11.5 Å². The number of aryl methyl sites for hydroxylation is 2. The van der Waals surface area contributed by atoms with Gasteiger partial charge in [-0.05, 0) is 43.9 Å². The summed E-state index contributed by atoms with van der Waals surface area (Å²) < 4.78 is 5.86. The molecule has 9 heteroatoms. The molecule has 140 valence electrons. The van der Waals surface area contributed by atoms with Crippen LogP contribution < -0.4 is 5.49 Å². The smallest absolute Gasteiger partial charge is 0.224 e. The van der Waals surface area contributed by atoms with Crippen molar-refractivity contribution in [2.24, 2.45) is 0 Å². The van der Waals surface area contributed by atoms with Crippen LogP contribution in [0.1, 0.15) is 17.0 Å². The van der Waals surface area contributed by atoms with Gasteiger partial charge >= 0.3 is 0 Å². The third-order valence-electron chi connectivity index (χ3n) is 5.05. The van der Waals surface area contributed by atoms with Gasteiger partial charge in [0, 0.05) is 5.56 Å². The van der Waals surface area contributed by atoms with Gasteiger partial charge in [-0.1, -0.05) is 6.07 Å². The standard InChI is InChI=1S/C19H16N6O2S/c1-7-4-5-11(26)8(2)15(7)25-16(20)13-12-14(22-9(3)23-17(12)25)10-6-21-28-19(10)24-18(13)27/h4-6,20,26-27H,1-3H3,(H,22,23). The van der Waals surface area contributed by atoms with Crippen molar-refractivity contribution in [3.8, 4) is 17.3 Å². The molecule has 0 saturated heterocycles. The molecule has 0 atom stereocenters. The lowest BCUT2D eigenvalue weighted by Crippen LogP contribution is -2.16. The van der Waals surface area contributed by atoms with Crippen LogP contribution in [0.15, 0.2) is 18.3 Å². The van der Waals surface area contributed by atoms with E-state index in [0.717, 1.165) is 16.5 Å². The molecule has 8 nitrogen and oxygen atoms in total. The molecule has 0 aliphatic carbocycles. The summed E-state index contributed by atoms with van der Waals surface area (Å²) >= 11 is 1.18. The molecule has 0 aliphatic heterocycles. The van der Waals surface area contributed by atoms with E-state index in [-0.39, 0.29) is 17.1 Å². The van der Waals surface area contributed by atoms with Crippen molar-refractivity contribution in [2.45, 2.75) is 20.8 Å². The second kappa shape index (κ2) is 5.52. The summed E-state index contributed by atoms with van der Waals surface area (Å²) in [6, 6.07) is 3.43. The maximum atomic E-state index is 10.7. The molecule has 0 bridgehead atoms. The van der Waals surface area contributed by atoms with Crippen molar-refractivity contribution < 1.29 is 10.2 Å². The van der Waals surface area contributed by atoms with Gasteiger partial charge in [-0.3, -0.25) is 9.98 Å². The fourth-order valence-electron chi connectivity index (χ4n) is 3.78. The topological polar surface area (TPSA) is 124 Å². The van der Waals surface area contributed by atoms with E-state index in [2.05, 4.69) is 19.3 Å². The molecule has 4 N–H and O–H groups in total. The number of benzene rings is 1. The first-order valence-electron chi connectivity index (χ1n) is 8.61. The van der Waals surface area contributed by atoms with E-state index >= 15 is 0 Å². The number of nitrogens with one attached hydrogen (secondary N) is 2. The van der Waals surface area contributed by atoms with Gasteiger partial charge in [-0.25, -0.2) is 9.97 Å². The summed E-state index contributed by atoms with van der Waals surface area (Å²) in [6.07, 6.45) is 1.70. The zero-order valence-electron chi connectivity index (χ0n) is 15.3. The highest BCUT2D eigenvalue weighted by Crippen LogP contribution is 2.35. The lowest BCUT2D eigenvalue weighted by molar-refractivity contribution is 0.462. The Morgan fingerprint density at radius 2 is 1.89 bits per heavy atom. The maximum absolute atomic E-state index is 10.7. The Labute approximate surface area is 162 Å². The largest absolute Gasteiger partial charge is 0.508 e. The molecule has 1 aromatic carbocycles. The third-order valence-corrected chi connectivity index (χ3v) is 5.75. The number of hydrogen-bond acceptors (Lipinski definition) is 7. The number of H-pyrrole nitrogens is 1. The predicted octanol–water partition coefficient (Wildman–Crippen LogP) is 3.33. The van der Waals surface area contributed by atoms with Gasteiger partial charge in [0.25, 0.3) is 0 Å². The van der Waals surface area contributed by atoms with Crippen LogP contribution in [0.5, 0.6) is 11.6 Å². The van der Waals surface area contributed by atoms with Crippen molar-refractivity contribution >= 4 is 43.7 Å². The van der Waals surface area contributed by atoms with E-state index in [1.54, 1.807) is 29.8 Å². The minimum atomic E-state index is -0.243. The summed E-state index contributed by atoms with van der Waals surface area (Å²) in [7, 11) is 0. The normalized spacial score (nSPS) is 11.8. The molecule has 0 spiro atoms. The van der Waals surface area contributed by atoms with Crippen molar-refractivity contribution in [1.29, 1.82) is 5.41 Å². The molecule has 0 unspecified atom stereocenters. The fraction of sp³-hybridized carbons (Fsp3) is 0.158. The molecule has 5 rings (SSSR count). The second-order valence-corrected chi connectivity index (χ2v) is 7.59. The van der Waals surface area contributed by atoms with Gasteiger partial charge in [-0.2, -0.15) is 4.37 Å². The highest BCUT2D eigenvalue weighted by Gasteiger charge is 2.23. The molecule has 4 heterocycles. The quantitative estimate of drug-likeness (QED) is 0.348. The van der Waals surface area contributed by atoms with Crippen LogP contribution in [0.25, 0.3) is 37.8 Å². The van der Waals surface area contributed by atoms with Crippen LogP contribution in [0.2, 0.25) is 0 Å². The van der Waals surface area contributed by atoms with E-state index in [1.807, 2.05) is 13.8 Å². The zero-order valence-corrected chi connectivity index (χ0v) is 16.1. The third kappa shape index (κ3) is 2.04. The first-order valence-corrected chi connectivity index (χ1v) is 9.38. The molecular formula is C19H16N6O2S. The minimum Gasteiger partial charge on any atom is -0.508 e. The number of aromatic hydroxyl groups is 2. The Balaban J connectivity index is 2.13. The summed E-state index contributed by atoms with van der Waals surface area (Å²) in [5.41, 5.74) is 3.48. The van der Waals surface area contributed by atoms with E-state index in [9.17, 15) is 10.2 Å². The Hall–Kier alpha value is -3.46. The Kier molecular flexibility index (Phi) is 3.29. The average molecular weight is 392 g/mol. The van der Waals surface area contributed by atoms with Crippen LogP contribution in [0.3, 0.4) is 0 Å². The van der Waals surface area contributed by atoms with Crippen LogP contribution in [0, 0.1) is 26.2 Å². The molecule has 0 amide bonds. The first kappa shape index (κ1) is 16.7. The molecule has 0 saturated carbocycles. The summed E-state index contributed by atoms with van der Waals surface area (Å²) in [5.74, 6) is 0.548. The van der Waals surface area contributed by atoms with Gasteiger partial charge in [0.1, 0.15) is 21.9 Å². The molecule has 0 radical (unpaired) electrons. The van der Waals surface area contributed by atoms with Crippen LogP contribution in [0.4, 0.5) is 0 Å². The maximum Gasteiger partial charge on any atom is 0.224 e. The van der Waals surface area contributed by atoms with E-state index in [4.69, 9.17) is 5.41 Å². The van der Waals surface area contributed by atoms with Crippen molar-refractivity contribution in [3.05, 3.63) is 40.8 Å². The summed E-state index contributed by atoms with van der Waals surface area (Å²) in [4.78, 5) is 12.8. The van der Waals surface area contributed by atoms with Crippen LogP contribution in [-0.4, -0.2) is 34.1 Å². The number of phenolic OH excluding ortho intramolecular Hbond substituents is 1. The average Bonchev–Trinajstić information content (AvgIpc) is 3.18. The van der Waals surface area contributed by atoms with Crippen molar-refractivity contribution in [1.82, 2.24) is 23.9 Å². The number of phenols is 1. The number of hydrogen-bond donors (Lipinski definition) is 4. The highest BCUT2D eigenvalue weighted by atomic mass is 32.1. The molecule has 0 aliphatic rings. The number of rotatable bonds is 1. The van der Waals surface area contributed by atoms with Crippen LogP contribution >= 0.6 is 11.5 Å². The monoisotopic (exact) mass is 392 g/mol. The number of aromatic amines is 1. The van der Waals surface area contributed by atoms with E-state index in [0.29, 0.717) is 38.3 Å². The van der Waals surface area contributed by atoms with Crippen LogP contribution in [-0.2, 0) is 0 Å². The van der Waals surface area contributed by atoms with Crippen molar-refractivity contribution in [2.75, 3.05) is 0 Å². The SMILES string of the molecule is Cc1nc2c3c(c(O)nc4sncc4c3[nH]1)c(=N)n2-c1c(C)ccc(O)c1C. The lowest BCUT2D eigenvalue weighted by atomic mass is 10.1. The van der Waals surface area contributed by atoms with Gasteiger partial charge < -0.3 is 15.2 Å². The lowest BCUT2D eigenvalue weighted by Gasteiger charge is -2.13. The molecule has 28 heavy (non-hydrogen) atoms. The van der Waals surface area contributed by atoms with E-state index < -0.39 is 0 Å². The van der Waals surface area contributed by atoms with Gasteiger partial charge in [0.15, 0.2) is 5.65 Å². The molecule has 4 aromatic heterocycles. The Morgan fingerprint density at radius 1 is 1.11 bits per heavy atom. The summed E-state index contributed by atoms with van der Waals surface area (Å²) in [5, 5.41) is 31.5. The Bertz CT molecular complexity index is 1490. The molecular weight excluding hydrogens is 376 g/mol. The predicted molar refractivity (Wildman–Crippen MR) is 107 cm³/mol. The number of aromatic nitrogens is 5. The molecule has 0 fully saturated rings. The number of fused-ring (bicyclic) bond motifs is 2. The highest BCUT2D eigenvalue weighted by molar-refractivity contribution is 7.12. The van der Waals surface area contributed by atoms with Gasteiger partial charge in [0.2, 0.25) is 5.88 Å². The Morgan fingerprint density at radius 3 is 2.68 bits per heavy atom. The first-order chi connectivity index (χ1) is 13.4. The molecule has 5 aromatic rings. The fourth-order valence-corrected chi connectivity index (χ4v) is 4.41. The van der Waals surface area contributed by atoms with Gasteiger partial charge in [-0.15, -0.1) is 0 Å².